The van der Waals surface area contributed by atoms with Crippen LogP contribution in [0.3, 0.4) is 0 Å². The third kappa shape index (κ3) is 7.26. The Kier molecular flexibility index (Phi) is 8.14. The van der Waals surface area contributed by atoms with Crippen LogP contribution in [-0.4, -0.2) is 29.0 Å². The molecule has 1 unspecified atom stereocenters. The van der Waals surface area contributed by atoms with Gasteiger partial charge in [0, 0.05) is 12.1 Å². The maximum atomic E-state index is 12.9. The van der Waals surface area contributed by atoms with Crippen LogP contribution in [-0.2, 0) is 30.7 Å². The van der Waals surface area contributed by atoms with Gasteiger partial charge in [-0.2, -0.15) is 8.42 Å². The molecule has 37 heavy (non-hydrogen) atoms. The van der Waals surface area contributed by atoms with Gasteiger partial charge in [-0.3, -0.25) is 0 Å². The van der Waals surface area contributed by atoms with Crippen molar-refractivity contribution < 1.29 is 36.0 Å². The average Bonchev–Trinajstić information content (AvgIpc) is 3.17. The zero-order chi connectivity index (χ0) is 26.6. The molecule has 1 aliphatic heterocycles. The summed E-state index contributed by atoms with van der Waals surface area (Å²) in [6.07, 6.45) is 0.124. The molecule has 1 aliphatic rings. The number of carbonyl (C=O) groups is 1. The first-order valence-electron chi connectivity index (χ1n) is 11.3. The third-order valence-corrected chi connectivity index (χ3v) is 8.00. The number of halogens is 1. The number of cyclic esters (lactones) is 1. The third-order valence-electron chi connectivity index (χ3n) is 4.83. The monoisotopic (exact) mass is 652 g/mol. The molecule has 0 fully saturated rings. The van der Waals surface area contributed by atoms with Gasteiger partial charge in [0.15, 0.2) is 5.76 Å². The number of esters is 1. The fourth-order valence-corrected chi connectivity index (χ4v) is 5.69. The molecule has 3 aromatic rings. The maximum absolute atomic E-state index is 12.9. The minimum Gasteiger partial charge on any atom is -0.542 e. The first kappa shape index (κ1) is 27.0. The Morgan fingerprint density at radius 1 is 0.946 bits per heavy atom. The van der Waals surface area contributed by atoms with Gasteiger partial charge in [0.2, 0.25) is 8.32 Å². The summed E-state index contributed by atoms with van der Waals surface area (Å²) in [5, 5.41) is 0. The van der Waals surface area contributed by atoms with Crippen molar-refractivity contribution in [3.63, 3.8) is 0 Å². The minimum absolute atomic E-state index is 0.00116. The zero-order valence-corrected chi connectivity index (χ0v) is 24.3. The van der Waals surface area contributed by atoms with Gasteiger partial charge in [-0.15, -0.1) is 0 Å². The second-order valence-electron chi connectivity index (χ2n) is 9.01. The molecule has 0 aromatic heterocycles. The predicted octanol–water partition coefficient (Wildman–Crippen LogP) is 5.64. The molecule has 0 radical (unpaired) electrons. The minimum atomic E-state index is -4.13. The Labute approximate surface area is 230 Å². The number of hydrogen-bond donors (Lipinski definition) is 0. The highest BCUT2D eigenvalue weighted by molar-refractivity contribution is 14.1. The summed E-state index contributed by atoms with van der Waals surface area (Å²) in [4.78, 5) is 12.0. The summed E-state index contributed by atoms with van der Waals surface area (Å²) >= 11 is 2.03. The number of hydrogen-bond acceptors (Lipinski definition) is 8. The van der Waals surface area contributed by atoms with Crippen molar-refractivity contribution in [1.82, 2.24) is 0 Å². The Bertz CT molecular complexity index is 1400. The Balaban J connectivity index is 1.66. The second-order valence-corrected chi connectivity index (χ2v) is 16.1. The summed E-state index contributed by atoms with van der Waals surface area (Å²) in [5.41, 5.74) is 0.919. The van der Waals surface area contributed by atoms with Gasteiger partial charge >= 0.3 is 22.4 Å². The maximum Gasteiger partial charge on any atom is 0.339 e. The molecule has 0 saturated carbocycles. The molecule has 1 atom stereocenters. The van der Waals surface area contributed by atoms with E-state index in [0.29, 0.717) is 9.32 Å². The Hall–Kier alpha value is -3.03. The summed E-state index contributed by atoms with van der Waals surface area (Å²) in [6.45, 7) is 6.13. The first-order valence-corrected chi connectivity index (χ1v) is 17.2. The van der Waals surface area contributed by atoms with Crippen LogP contribution in [0.5, 0.6) is 17.2 Å². The lowest BCUT2D eigenvalue weighted by Crippen LogP contribution is -2.30. The smallest absolute Gasteiger partial charge is 0.339 e. The van der Waals surface area contributed by atoms with E-state index in [4.69, 9.17) is 22.8 Å². The van der Waals surface area contributed by atoms with Crippen LogP contribution in [0.1, 0.15) is 5.56 Å². The van der Waals surface area contributed by atoms with E-state index in [1.54, 1.807) is 18.2 Å². The van der Waals surface area contributed by atoms with Crippen molar-refractivity contribution in [3.05, 3.63) is 93.8 Å². The van der Waals surface area contributed by atoms with Crippen LogP contribution in [0, 0.1) is 3.57 Å². The molecule has 194 valence electrons. The SMILES string of the molecule is C[Si](C)(C)OC1=CC(=O)OC1Oc1cc(OS(=O)(=O)c2ccccc2)cc(OCc2ccccc2)c1I. The second kappa shape index (κ2) is 11.2. The van der Waals surface area contributed by atoms with Crippen molar-refractivity contribution in [2.24, 2.45) is 0 Å². The number of benzene rings is 3. The topological polar surface area (TPSA) is 97.4 Å². The van der Waals surface area contributed by atoms with Crippen LogP contribution in [0.25, 0.3) is 0 Å². The van der Waals surface area contributed by atoms with E-state index in [0.717, 1.165) is 5.56 Å². The predicted molar refractivity (Wildman–Crippen MR) is 147 cm³/mol. The molecule has 0 spiro atoms. The van der Waals surface area contributed by atoms with E-state index in [2.05, 4.69) is 0 Å². The van der Waals surface area contributed by atoms with E-state index in [1.165, 1.54) is 30.3 Å². The first-order chi connectivity index (χ1) is 17.5. The quantitative estimate of drug-likeness (QED) is 0.120. The summed E-state index contributed by atoms with van der Waals surface area (Å²) in [7, 11) is -6.20. The molecule has 1 heterocycles. The van der Waals surface area contributed by atoms with Crippen molar-refractivity contribution in [1.29, 1.82) is 0 Å². The molecule has 8 nitrogen and oxygen atoms in total. The fourth-order valence-electron chi connectivity index (χ4n) is 3.29. The van der Waals surface area contributed by atoms with Gasteiger partial charge in [0.25, 0.3) is 0 Å². The summed E-state index contributed by atoms with van der Waals surface area (Å²) < 4.78 is 55.0. The molecule has 0 saturated heterocycles. The van der Waals surface area contributed by atoms with Crippen LogP contribution in [0.15, 0.2) is 89.5 Å². The zero-order valence-electron chi connectivity index (χ0n) is 20.3. The van der Waals surface area contributed by atoms with Crippen LogP contribution < -0.4 is 13.7 Å². The van der Waals surface area contributed by atoms with Gasteiger partial charge in [0.1, 0.15) is 28.8 Å². The normalized spacial score (nSPS) is 15.5. The molecule has 0 N–H and O–H groups in total. The van der Waals surface area contributed by atoms with Crippen molar-refractivity contribution in [3.8, 4) is 17.2 Å². The fraction of sp³-hybridized carbons (Fsp3) is 0.192. The molecule has 3 aromatic carbocycles. The van der Waals surface area contributed by atoms with E-state index in [9.17, 15) is 13.2 Å². The van der Waals surface area contributed by atoms with E-state index < -0.39 is 30.7 Å². The van der Waals surface area contributed by atoms with Crippen molar-refractivity contribution >= 4 is 47.0 Å². The van der Waals surface area contributed by atoms with Crippen molar-refractivity contribution in [2.75, 3.05) is 0 Å². The summed E-state index contributed by atoms with van der Waals surface area (Å²) in [6, 6.07) is 20.2. The molecule has 11 heteroatoms. The highest BCUT2D eigenvalue weighted by Gasteiger charge is 2.34. The average molecular weight is 653 g/mol. The van der Waals surface area contributed by atoms with Gasteiger partial charge in [-0.05, 0) is 59.9 Å². The molecular formula is C26H25IO8SSi. The number of rotatable bonds is 10. The lowest BCUT2D eigenvalue weighted by atomic mass is 10.2. The van der Waals surface area contributed by atoms with Gasteiger partial charge in [0.05, 0.1) is 9.65 Å². The molecule has 0 aliphatic carbocycles. The van der Waals surface area contributed by atoms with E-state index >= 15 is 0 Å². The lowest BCUT2D eigenvalue weighted by Gasteiger charge is -2.24. The largest absolute Gasteiger partial charge is 0.542 e. The van der Waals surface area contributed by atoms with Gasteiger partial charge in [-0.25, -0.2) is 4.79 Å². The highest BCUT2D eigenvalue weighted by Crippen LogP contribution is 2.38. The van der Waals surface area contributed by atoms with Gasteiger partial charge in [-0.1, -0.05) is 48.5 Å². The summed E-state index contributed by atoms with van der Waals surface area (Å²) in [5.74, 6) is 0.182. The van der Waals surface area contributed by atoms with Crippen LogP contribution in [0.4, 0.5) is 0 Å². The standard InChI is InChI=1S/C26H25IO8SSi/c1-37(2,3)35-23-16-24(28)33-26(23)32-22-15-19(34-36(29,30)20-12-8-5-9-13-20)14-21(25(22)27)31-17-18-10-6-4-7-11-18/h4-16,26H,17H2,1-3H3. The molecular weight excluding hydrogens is 627 g/mol. The van der Waals surface area contributed by atoms with Gasteiger partial charge < -0.3 is 22.8 Å². The Morgan fingerprint density at radius 2 is 1.57 bits per heavy atom. The van der Waals surface area contributed by atoms with Crippen molar-refractivity contribution in [2.45, 2.75) is 37.4 Å². The molecule has 0 bridgehead atoms. The molecule has 0 amide bonds. The number of carbonyl (C=O) groups excluding carboxylic acids is 1. The van der Waals surface area contributed by atoms with E-state index in [-0.39, 0.29) is 28.8 Å². The Morgan fingerprint density at radius 3 is 2.22 bits per heavy atom. The lowest BCUT2D eigenvalue weighted by molar-refractivity contribution is -0.150. The molecule has 4 rings (SSSR count). The highest BCUT2D eigenvalue weighted by atomic mass is 127. The van der Waals surface area contributed by atoms with E-state index in [1.807, 2.05) is 72.6 Å². The number of ether oxygens (including phenoxy) is 3. The van der Waals surface area contributed by atoms with Crippen LogP contribution in [0.2, 0.25) is 19.6 Å². The van der Waals surface area contributed by atoms with Crippen LogP contribution >= 0.6 is 22.6 Å².